The molecule has 4 unspecified atom stereocenters. The van der Waals surface area contributed by atoms with E-state index in [0.29, 0.717) is 18.4 Å². The summed E-state index contributed by atoms with van der Waals surface area (Å²) < 4.78 is 20.9. The van der Waals surface area contributed by atoms with Crippen LogP contribution in [0, 0.1) is 17.7 Å². The van der Waals surface area contributed by atoms with Crippen LogP contribution in [-0.4, -0.2) is 40.8 Å². The maximum absolute atomic E-state index is 14.7. The lowest BCUT2D eigenvalue weighted by molar-refractivity contribution is -0.986. The summed E-state index contributed by atoms with van der Waals surface area (Å²) in [5, 5.41) is 12.8. The number of rotatable bonds is 6. The predicted molar refractivity (Wildman–Crippen MR) is 124 cm³/mol. The van der Waals surface area contributed by atoms with Gasteiger partial charge < -0.3 is 14.3 Å². The highest BCUT2D eigenvalue weighted by molar-refractivity contribution is 5.83. The largest absolute Gasteiger partial charge is 0.497 e. The maximum atomic E-state index is 14.7. The van der Waals surface area contributed by atoms with Crippen molar-refractivity contribution in [2.45, 2.75) is 44.9 Å². The summed E-state index contributed by atoms with van der Waals surface area (Å²) in [5.41, 5.74) is 2.50. The van der Waals surface area contributed by atoms with Crippen molar-refractivity contribution in [2.24, 2.45) is 11.8 Å². The number of ether oxygens (including phenoxy) is 1. The van der Waals surface area contributed by atoms with Crippen molar-refractivity contribution in [3.63, 3.8) is 0 Å². The van der Waals surface area contributed by atoms with Crippen LogP contribution in [0.1, 0.15) is 43.4 Å². The van der Waals surface area contributed by atoms with Gasteiger partial charge in [-0.05, 0) is 48.2 Å². The normalized spacial score (nSPS) is 28.1. The highest BCUT2D eigenvalue weighted by atomic mass is 19.1. The van der Waals surface area contributed by atoms with Crippen molar-refractivity contribution in [2.75, 3.05) is 20.2 Å². The van der Waals surface area contributed by atoms with E-state index < -0.39 is 6.10 Å². The van der Waals surface area contributed by atoms with E-state index in [1.54, 1.807) is 25.4 Å². The molecular formula is C27H32FN2O2+. The lowest BCUT2D eigenvalue weighted by Crippen LogP contribution is -2.67. The standard InChI is InChI=1S/C27H32FN2O2/c1-3-18-16-30(17-20-6-4-5-7-24(20)28)13-11-19(18)14-26(30)27(31)22-10-12-29-25-9-8-21(32-2)15-23(22)25/h4-10,12,15,18-19,26-27,31H,3,11,13-14,16-17H2,1-2H3/q+1/t18?,19?,26?,27-,30?/m1/s1. The molecule has 5 atom stereocenters. The zero-order valence-corrected chi connectivity index (χ0v) is 18.9. The second-order valence-corrected chi connectivity index (χ2v) is 9.62. The van der Waals surface area contributed by atoms with Gasteiger partial charge in [-0.25, -0.2) is 4.39 Å². The van der Waals surface area contributed by atoms with Crippen LogP contribution in [-0.2, 0) is 6.54 Å². The quantitative estimate of drug-likeness (QED) is 0.538. The second-order valence-electron chi connectivity index (χ2n) is 9.62. The number of hydrogen-bond acceptors (Lipinski definition) is 3. The van der Waals surface area contributed by atoms with Crippen molar-refractivity contribution in [1.82, 2.24) is 4.98 Å². The van der Waals surface area contributed by atoms with Gasteiger partial charge in [-0.3, -0.25) is 4.98 Å². The van der Waals surface area contributed by atoms with Crippen LogP contribution in [0.5, 0.6) is 5.75 Å². The molecule has 0 radical (unpaired) electrons. The molecule has 0 spiro atoms. The van der Waals surface area contributed by atoms with Gasteiger partial charge >= 0.3 is 0 Å². The predicted octanol–water partition coefficient (Wildman–Crippen LogP) is 5.25. The molecule has 168 valence electrons. The average molecular weight is 436 g/mol. The Labute approximate surface area is 189 Å². The van der Waals surface area contributed by atoms with Gasteiger partial charge in [0, 0.05) is 35.9 Å². The smallest absolute Gasteiger partial charge is 0.132 e. The summed E-state index contributed by atoms with van der Waals surface area (Å²) >= 11 is 0. The Morgan fingerprint density at radius 1 is 1.22 bits per heavy atom. The first-order chi connectivity index (χ1) is 15.5. The first kappa shape index (κ1) is 21.4. The van der Waals surface area contributed by atoms with E-state index in [-0.39, 0.29) is 11.9 Å². The molecule has 0 amide bonds. The van der Waals surface area contributed by atoms with Crippen LogP contribution in [0.15, 0.2) is 54.7 Å². The molecule has 3 aliphatic rings. The Balaban J connectivity index is 1.57. The molecule has 1 N–H and O–H groups in total. The van der Waals surface area contributed by atoms with E-state index in [1.807, 2.05) is 36.4 Å². The van der Waals surface area contributed by atoms with Crippen molar-refractivity contribution in [3.05, 3.63) is 71.7 Å². The summed E-state index contributed by atoms with van der Waals surface area (Å²) in [6, 6.07) is 14.9. The molecule has 4 nitrogen and oxygen atoms in total. The Morgan fingerprint density at radius 2 is 2.06 bits per heavy atom. The van der Waals surface area contributed by atoms with Gasteiger partial charge in [-0.15, -0.1) is 0 Å². The lowest BCUT2D eigenvalue weighted by Gasteiger charge is -2.58. The van der Waals surface area contributed by atoms with Gasteiger partial charge in [0.1, 0.15) is 30.3 Å². The first-order valence-corrected chi connectivity index (χ1v) is 11.7. The Hall–Kier alpha value is -2.50. The fourth-order valence-corrected chi connectivity index (χ4v) is 6.37. The van der Waals surface area contributed by atoms with Crippen LogP contribution in [0.2, 0.25) is 0 Å². The van der Waals surface area contributed by atoms with Crippen molar-refractivity contribution in [1.29, 1.82) is 0 Å². The molecule has 2 aromatic carbocycles. The van der Waals surface area contributed by atoms with Gasteiger partial charge in [0.15, 0.2) is 0 Å². The molecule has 3 aromatic rings. The van der Waals surface area contributed by atoms with Gasteiger partial charge in [0.25, 0.3) is 0 Å². The van der Waals surface area contributed by atoms with E-state index in [4.69, 9.17) is 4.74 Å². The SMILES string of the molecule is CCC1C[N+]2(Cc3ccccc3F)CCC1CC2[C@H](O)c1ccnc2ccc(OC)cc12. The van der Waals surface area contributed by atoms with E-state index in [2.05, 4.69) is 11.9 Å². The summed E-state index contributed by atoms with van der Waals surface area (Å²) in [5.74, 6) is 1.87. The number of pyridine rings is 1. The molecule has 6 rings (SSSR count). The zero-order chi connectivity index (χ0) is 22.3. The number of aliphatic hydroxyl groups excluding tert-OH is 1. The summed E-state index contributed by atoms with van der Waals surface area (Å²) in [7, 11) is 1.65. The molecule has 1 aromatic heterocycles. The Kier molecular flexibility index (Phi) is 5.64. The second kappa shape index (κ2) is 8.45. The fourth-order valence-electron chi connectivity index (χ4n) is 6.37. The Morgan fingerprint density at radius 3 is 2.84 bits per heavy atom. The van der Waals surface area contributed by atoms with Gasteiger partial charge in [0.2, 0.25) is 0 Å². The number of hydrogen-bond donors (Lipinski definition) is 1. The third-order valence-corrected chi connectivity index (χ3v) is 8.09. The van der Waals surface area contributed by atoms with Crippen molar-refractivity contribution >= 4 is 10.9 Å². The highest BCUT2D eigenvalue weighted by Gasteiger charge is 2.54. The van der Waals surface area contributed by atoms with E-state index >= 15 is 0 Å². The molecular weight excluding hydrogens is 403 g/mol. The first-order valence-electron chi connectivity index (χ1n) is 11.7. The van der Waals surface area contributed by atoms with Gasteiger partial charge in [-0.2, -0.15) is 0 Å². The van der Waals surface area contributed by atoms with Gasteiger partial charge in [-0.1, -0.05) is 25.1 Å². The zero-order valence-electron chi connectivity index (χ0n) is 18.9. The van der Waals surface area contributed by atoms with E-state index in [1.165, 1.54) is 0 Å². The van der Waals surface area contributed by atoms with Gasteiger partial charge in [0.05, 0.1) is 25.7 Å². The summed E-state index contributed by atoms with van der Waals surface area (Å²) in [4.78, 5) is 4.49. The number of fused-ring (bicyclic) bond motifs is 4. The monoisotopic (exact) mass is 435 g/mol. The minimum atomic E-state index is -0.639. The van der Waals surface area contributed by atoms with Crippen LogP contribution >= 0.6 is 0 Å². The fraction of sp³-hybridized carbons (Fsp3) is 0.444. The lowest BCUT2D eigenvalue weighted by atomic mass is 9.70. The molecule has 0 aliphatic carbocycles. The minimum absolute atomic E-state index is 0.0351. The molecule has 3 saturated heterocycles. The molecule has 3 aliphatic heterocycles. The molecule has 5 heteroatoms. The minimum Gasteiger partial charge on any atom is -0.497 e. The number of methoxy groups -OCH3 is 1. The third-order valence-electron chi connectivity index (χ3n) is 8.09. The molecule has 4 heterocycles. The number of quaternary nitrogens is 1. The maximum Gasteiger partial charge on any atom is 0.132 e. The topological polar surface area (TPSA) is 42.4 Å². The van der Waals surface area contributed by atoms with E-state index in [0.717, 1.165) is 64.6 Å². The van der Waals surface area contributed by atoms with Crippen LogP contribution in [0.25, 0.3) is 10.9 Å². The number of nitrogens with zero attached hydrogens (tertiary/aromatic N) is 2. The number of aliphatic hydroxyl groups is 1. The molecule has 0 saturated carbocycles. The molecule has 3 fully saturated rings. The van der Waals surface area contributed by atoms with E-state index in [9.17, 15) is 9.50 Å². The van der Waals surface area contributed by atoms with Crippen LogP contribution in [0.4, 0.5) is 4.39 Å². The van der Waals surface area contributed by atoms with Crippen LogP contribution < -0.4 is 4.74 Å². The summed E-state index contributed by atoms with van der Waals surface area (Å²) in [6.07, 6.45) is 4.41. The van der Waals surface area contributed by atoms with Crippen LogP contribution in [0.3, 0.4) is 0 Å². The number of benzene rings is 2. The Bertz CT molecular complexity index is 1120. The molecule has 2 bridgehead atoms. The third kappa shape index (κ3) is 3.57. The number of piperidine rings is 3. The molecule has 32 heavy (non-hydrogen) atoms. The highest BCUT2D eigenvalue weighted by Crippen LogP contribution is 2.48. The van der Waals surface area contributed by atoms with Crippen molar-refractivity contribution in [3.8, 4) is 5.75 Å². The number of halogens is 1. The average Bonchev–Trinajstić information content (AvgIpc) is 2.84. The number of aromatic nitrogens is 1. The van der Waals surface area contributed by atoms with Crippen molar-refractivity contribution < 1.29 is 18.7 Å². The summed E-state index contributed by atoms with van der Waals surface area (Å²) in [6.45, 7) is 4.89.